The molecule has 1 aliphatic rings. The van der Waals surface area contributed by atoms with Gasteiger partial charge in [0.1, 0.15) is 12.4 Å². The summed E-state index contributed by atoms with van der Waals surface area (Å²) in [7, 11) is 1.43. The van der Waals surface area contributed by atoms with E-state index in [1.807, 2.05) is 6.92 Å². The second-order valence-electron chi connectivity index (χ2n) is 3.99. The molecule has 0 aliphatic carbocycles. The van der Waals surface area contributed by atoms with Gasteiger partial charge in [-0.3, -0.25) is 14.9 Å². The van der Waals surface area contributed by atoms with Gasteiger partial charge >= 0.3 is 0 Å². The summed E-state index contributed by atoms with van der Waals surface area (Å²) in [6.07, 6.45) is 1.80. The normalized spacial score (nSPS) is 19.3. The van der Waals surface area contributed by atoms with Crippen molar-refractivity contribution in [1.29, 1.82) is 0 Å². The third kappa shape index (κ3) is 2.46. The van der Waals surface area contributed by atoms with E-state index in [9.17, 15) is 9.59 Å². The molecule has 1 aromatic heterocycles. The number of carbonyl (C=O) groups excluding carboxylic acids is 2. The molecule has 1 atom stereocenters. The van der Waals surface area contributed by atoms with Crippen LogP contribution in [0, 0.1) is 0 Å². The Morgan fingerprint density at radius 3 is 2.89 bits per heavy atom. The van der Waals surface area contributed by atoms with E-state index in [-0.39, 0.29) is 29.3 Å². The third-order valence-corrected chi connectivity index (χ3v) is 3.13. The lowest BCUT2D eigenvalue weighted by atomic mass is 10.1. The van der Waals surface area contributed by atoms with E-state index < -0.39 is 6.04 Å². The highest BCUT2D eigenvalue weighted by Crippen LogP contribution is 2.33. The lowest BCUT2D eigenvalue weighted by Gasteiger charge is -2.34. The second kappa shape index (κ2) is 5.40. The Hall–Kier alpha value is -1.89. The largest absolute Gasteiger partial charge is 0.490 e. The molecule has 2 amide bonds. The fourth-order valence-electron chi connectivity index (χ4n) is 2.02. The van der Waals surface area contributed by atoms with Gasteiger partial charge in [-0.25, -0.2) is 9.97 Å². The summed E-state index contributed by atoms with van der Waals surface area (Å²) in [4.78, 5) is 32.8. The van der Waals surface area contributed by atoms with Crippen molar-refractivity contribution in [2.45, 2.75) is 19.4 Å². The number of anilines is 1. The van der Waals surface area contributed by atoms with E-state index in [0.29, 0.717) is 12.2 Å². The molecular weight excluding hydrogens is 272 g/mol. The minimum absolute atomic E-state index is 0.0218. The van der Waals surface area contributed by atoms with E-state index in [1.54, 1.807) is 4.90 Å². The molecule has 2 rings (SSSR count). The average Bonchev–Trinajstić information content (AvgIpc) is 2.37. The van der Waals surface area contributed by atoms with Gasteiger partial charge in [-0.15, -0.1) is 0 Å². The Kier molecular flexibility index (Phi) is 3.84. The first-order valence-corrected chi connectivity index (χ1v) is 6.11. The molecular formula is C11H13ClN4O3. The molecule has 1 N–H and O–H groups in total. The van der Waals surface area contributed by atoms with Gasteiger partial charge in [-0.2, -0.15) is 0 Å². The van der Waals surface area contributed by atoms with Gasteiger partial charge < -0.3 is 9.64 Å². The highest BCUT2D eigenvalue weighted by atomic mass is 35.5. The van der Waals surface area contributed by atoms with Crippen LogP contribution in [0.15, 0.2) is 6.33 Å². The van der Waals surface area contributed by atoms with Crippen LogP contribution in [0.3, 0.4) is 0 Å². The number of halogens is 1. The SMILES string of the molecule is CCC1C(=O)NC(=O)CN1c1ncnc(Cl)c1OC. The predicted molar refractivity (Wildman–Crippen MR) is 68.2 cm³/mol. The number of carbonyl (C=O) groups is 2. The number of ether oxygens (including phenoxy) is 1. The van der Waals surface area contributed by atoms with Crippen molar-refractivity contribution in [3.05, 3.63) is 11.5 Å². The predicted octanol–water partition coefficient (Wildman–Crippen LogP) is 0.380. The van der Waals surface area contributed by atoms with Crippen molar-refractivity contribution in [2.75, 3.05) is 18.6 Å². The highest BCUT2D eigenvalue weighted by Gasteiger charge is 2.35. The van der Waals surface area contributed by atoms with E-state index in [2.05, 4.69) is 15.3 Å². The molecule has 7 nitrogen and oxygen atoms in total. The minimum atomic E-state index is -0.488. The Balaban J connectivity index is 2.46. The summed E-state index contributed by atoms with van der Waals surface area (Å²) in [6.45, 7) is 1.87. The number of nitrogens with zero attached hydrogens (tertiary/aromatic N) is 3. The van der Waals surface area contributed by atoms with Gasteiger partial charge in [-0.1, -0.05) is 18.5 Å². The van der Waals surface area contributed by atoms with Crippen molar-refractivity contribution < 1.29 is 14.3 Å². The molecule has 19 heavy (non-hydrogen) atoms. The zero-order chi connectivity index (χ0) is 14.0. The number of hydrogen-bond donors (Lipinski definition) is 1. The molecule has 102 valence electrons. The molecule has 0 radical (unpaired) electrons. The van der Waals surface area contributed by atoms with Crippen LogP contribution in [-0.2, 0) is 9.59 Å². The summed E-state index contributed by atoms with van der Waals surface area (Å²) in [5.74, 6) is -0.135. The van der Waals surface area contributed by atoms with Crippen molar-refractivity contribution in [3.8, 4) is 5.75 Å². The number of imide groups is 1. The van der Waals surface area contributed by atoms with Crippen LogP contribution in [-0.4, -0.2) is 41.5 Å². The quantitative estimate of drug-likeness (QED) is 0.638. The number of rotatable bonds is 3. The van der Waals surface area contributed by atoms with Gasteiger partial charge in [0.05, 0.1) is 13.7 Å². The van der Waals surface area contributed by atoms with Crippen molar-refractivity contribution in [2.24, 2.45) is 0 Å². The fraction of sp³-hybridized carbons (Fsp3) is 0.455. The van der Waals surface area contributed by atoms with Crippen LogP contribution in [0.5, 0.6) is 5.75 Å². The van der Waals surface area contributed by atoms with Gasteiger partial charge in [-0.05, 0) is 6.42 Å². The maximum atomic E-state index is 11.8. The number of hydrogen-bond acceptors (Lipinski definition) is 6. The van der Waals surface area contributed by atoms with Crippen LogP contribution in [0.1, 0.15) is 13.3 Å². The monoisotopic (exact) mass is 284 g/mol. The van der Waals surface area contributed by atoms with Gasteiger partial charge in [0, 0.05) is 0 Å². The first-order valence-electron chi connectivity index (χ1n) is 5.73. The second-order valence-corrected chi connectivity index (χ2v) is 4.34. The number of nitrogens with one attached hydrogen (secondary N) is 1. The maximum absolute atomic E-state index is 11.8. The van der Waals surface area contributed by atoms with E-state index in [4.69, 9.17) is 16.3 Å². The summed E-state index contributed by atoms with van der Waals surface area (Å²) < 4.78 is 5.15. The van der Waals surface area contributed by atoms with Gasteiger partial charge in [0.2, 0.25) is 11.8 Å². The Morgan fingerprint density at radius 2 is 2.26 bits per heavy atom. The molecule has 1 fully saturated rings. The lowest BCUT2D eigenvalue weighted by molar-refractivity contribution is -0.132. The molecule has 8 heteroatoms. The van der Waals surface area contributed by atoms with Crippen molar-refractivity contribution in [3.63, 3.8) is 0 Å². The molecule has 0 spiro atoms. The lowest BCUT2D eigenvalue weighted by Crippen LogP contribution is -2.58. The van der Waals surface area contributed by atoms with Gasteiger partial charge in [0.15, 0.2) is 16.7 Å². The number of piperazine rings is 1. The summed E-state index contributed by atoms with van der Waals surface area (Å²) in [5, 5.41) is 2.43. The van der Waals surface area contributed by atoms with Crippen molar-refractivity contribution in [1.82, 2.24) is 15.3 Å². The fourth-order valence-corrected chi connectivity index (χ4v) is 2.22. The molecule has 0 saturated carbocycles. The van der Waals surface area contributed by atoms with E-state index >= 15 is 0 Å². The standard InChI is InChI=1S/C11H13ClN4O3/c1-3-6-11(18)15-7(17)4-16(6)10-8(19-2)9(12)13-5-14-10/h5-6H,3-4H2,1-2H3,(H,15,17,18). The number of methoxy groups -OCH3 is 1. The first-order chi connectivity index (χ1) is 9.08. The van der Waals surface area contributed by atoms with Gasteiger partial charge in [0.25, 0.3) is 0 Å². The zero-order valence-corrected chi connectivity index (χ0v) is 11.3. The first kappa shape index (κ1) is 13.5. The highest BCUT2D eigenvalue weighted by molar-refractivity contribution is 6.31. The molecule has 0 bridgehead atoms. The number of aromatic nitrogens is 2. The molecule has 2 heterocycles. The Labute approximate surface area is 114 Å². The van der Waals surface area contributed by atoms with Crippen LogP contribution in [0.25, 0.3) is 0 Å². The van der Waals surface area contributed by atoms with Crippen LogP contribution in [0.2, 0.25) is 5.15 Å². The molecule has 1 aromatic rings. The van der Waals surface area contributed by atoms with Crippen LogP contribution >= 0.6 is 11.6 Å². The summed E-state index contributed by atoms with van der Waals surface area (Å²) >= 11 is 5.92. The topological polar surface area (TPSA) is 84.4 Å². The van der Waals surface area contributed by atoms with Crippen LogP contribution < -0.4 is 15.0 Å². The zero-order valence-electron chi connectivity index (χ0n) is 10.5. The number of amides is 2. The third-order valence-electron chi connectivity index (χ3n) is 2.86. The molecule has 1 aliphatic heterocycles. The maximum Gasteiger partial charge on any atom is 0.249 e. The Bertz CT molecular complexity index is 523. The Morgan fingerprint density at radius 1 is 1.53 bits per heavy atom. The summed E-state index contributed by atoms with van der Waals surface area (Å²) in [5.41, 5.74) is 0. The molecule has 1 unspecified atom stereocenters. The van der Waals surface area contributed by atoms with Crippen LogP contribution in [0.4, 0.5) is 5.82 Å². The average molecular weight is 285 g/mol. The van der Waals surface area contributed by atoms with E-state index in [1.165, 1.54) is 13.4 Å². The summed E-state index contributed by atoms with van der Waals surface area (Å²) in [6, 6.07) is -0.488. The smallest absolute Gasteiger partial charge is 0.249 e. The van der Waals surface area contributed by atoms with E-state index in [0.717, 1.165) is 0 Å². The minimum Gasteiger partial charge on any atom is -0.490 e. The molecule has 0 aromatic carbocycles. The molecule has 1 saturated heterocycles. The van der Waals surface area contributed by atoms with Crippen molar-refractivity contribution >= 4 is 29.2 Å².